The van der Waals surface area contributed by atoms with Crippen LogP contribution in [0.3, 0.4) is 0 Å². The maximum atomic E-state index is 5.94. The van der Waals surface area contributed by atoms with Gasteiger partial charge in [-0.3, -0.25) is 4.90 Å². The molecule has 1 aromatic heterocycles. The van der Waals surface area contributed by atoms with Gasteiger partial charge < -0.3 is 20.1 Å². The molecule has 0 spiro atoms. The Labute approximate surface area is 167 Å². The summed E-state index contributed by atoms with van der Waals surface area (Å²) in [4.78, 5) is 14.3. The molecule has 0 unspecified atom stereocenters. The molecule has 0 atom stereocenters. The van der Waals surface area contributed by atoms with E-state index in [0.717, 1.165) is 69.6 Å². The summed E-state index contributed by atoms with van der Waals surface area (Å²) < 4.78 is 10.7. The number of ether oxygens (including phenoxy) is 2. The summed E-state index contributed by atoms with van der Waals surface area (Å²) >= 11 is 0. The molecule has 1 aromatic rings. The van der Waals surface area contributed by atoms with Crippen LogP contribution in [-0.2, 0) is 16.1 Å². The van der Waals surface area contributed by atoms with E-state index in [0.29, 0.717) is 24.6 Å². The zero-order valence-electron chi connectivity index (χ0n) is 15.2. The van der Waals surface area contributed by atoms with Gasteiger partial charge in [0.1, 0.15) is 12.4 Å². The highest BCUT2D eigenvalue weighted by Crippen LogP contribution is 2.36. The van der Waals surface area contributed by atoms with Crippen LogP contribution in [0.5, 0.6) is 0 Å². The molecule has 0 radical (unpaired) electrons. The van der Waals surface area contributed by atoms with Crippen LogP contribution in [0.4, 0.5) is 5.82 Å². The van der Waals surface area contributed by atoms with Gasteiger partial charge in [-0.1, -0.05) is 0 Å². The largest absolute Gasteiger partial charge is 0.379 e. The van der Waals surface area contributed by atoms with Crippen molar-refractivity contribution in [3.63, 3.8) is 0 Å². The molecule has 9 heteroatoms. The molecule has 0 amide bonds. The first-order valence-electron chi connectivity index (χ1n) is 8.92. The van der Waals surface area contributed by atoms with Crippen LogP contribution in [0, 0.1) is 0 Å². The second kappa shape index (κ2) is 9.48. The topological polar surface area (TPSA) is 76.7 Å². The molecular formula is C17H29Cl2N5O2. The smallest absolute Gasteiger partial charge is 0.156 e. The predicted molar refractivity (Wildman–Crippen MR) is 106 cm³/mol. The van der Waals surface area contributed by atoms with Gasteiger partial charge in [-0.05, 0) is 12.8 Å². The molecule has 0 bridgehead atoms. The fourth-order valence-electron chi connectivity index (χ4n) is 3.79. The number of anilines is 1. The monoisotopic (exact) mass is 405 g/mol. The molecule has 7 nitrogen and oxygen atoms in total. The summed E-state index contributed by atoms with van der Waals surface area (Å²) in [6.07, 6.45) is 2.05. The van der Waals surface area contributed by atoms with Crippen molar-refractivity contribution in [3.05, 3.63) is 17.6 Å². The average molecular weight is 406 g/mol. The Balaban J connectivity index is 0.00000121. The molecule has 26 heavy (non-hydrogen) atoms. The number of halogens is 2. The molecule has 3 aliphatic rings. The van der Waals surface area contributed by atoms with Gasteiger partial charge in [0.05, 0.1) is 13.2 Å². The fraction of sp³-hybridized carbons (Fsp3) is 0.765. The quantitative estimate of drug-likeness (QED) is 0.787. The van der Waals surface area contributed by atoms with Crippen molar-refractivity contribution in [1.82, 2.24) is 14.9 Å². The number of hydrogen-bond acceptors (Lipinski definition) is 7. The van der Waals surface area contributed by atoms with E-state index in [1.807, 2.05) is 0 Å². The SMILES string of the molecule is COCc1nc(C2CC(N)C2)cc(N2CC(N3CCOCC3)C2)n1.Cl.Cl. The number of morpholine rings is 1. The van der Waals surface area contributed by atoms with Gasteiger partial charge >= 0.3 is 0 Å². The zero-order valence-corrected chi connectivity index (χ0v) is 16.8. The third kappa shape index (κ3) is 4.58. The van der Waals surface area contributed by atoms with Crippen LogP contribution in [0.15, 0.2) is 6.07 Å². The van der Waals surface area contributed by atoms with Crippen LogP contribution >= 0.6 is 24.8 Å². The first kappa shape index (κ1) is 21.6. The summed E-state index contributed by atoms with van der Waals surface area (Å²) in [6.45, 7) is 6.33. The standard InChI is InChI=1S/C17H27N5O2.2ClH/c1-23-11-16-19-15(12-6-13(18)7-12)8-17(20-16)22-9-14(10-22)21-2-4-24-5-3-21;;/h8,12-14H,2-7,9-11,18H2,1H3;2*1H. The Bertz CT molecular complexity index is 576. The normalized spacial score (nSPS) is 26.3. The average Bonchev–Trinajstić information content (AvgIpc) is 2.52. The molecule has 3 fully saturated rings. The van der Waals surface area contributed by atoms with Crippen LogP contribution in [0.1, 0.15) is 30.3 Å². The van der Waals surface area contributed by atoms with Crippen LogP contribution in [0.25, 0.3) is 0 Å². The third-order valence-corrected chi connectivity index (χ3v) is 5.39. The molecule has 4 rings (SSSR count). The summed E-state index contributed by atoms with van der Waals surface area (Å²) in [6, 6.07) is 3.11. The lowest BCUT2D eigenvalue weighted by molar-refractivity contribution is 0.0104. The summed E-state index contributed by atoms with van der Waals surface area (Å²) in [5.41, 5.74) is 7.07. The van der Waals surface area contributed by atoms with E-state index in [1.54, 1.807) is 7.11 Å². The molecule has 1 saturated carbocycles. The van der Waals surface area contributed by atoms with Gasteiger partial charge in [0.25, 0.3) is 0 Å². The van der Waals surface area contributed by atoms with E-state index in [1.165, 1.54) is 0 Å². The molecule has 2 N–H and O–H groups in total. The van der Waals surface area contributed by atoms with E-state index in [2.05, 4.69) is 20.9 Å². The van der Waals surface area contributed by atoms with E-state index < -0.39 is 0 Å². The Morgan fingerprint density at radius 3 is 2.50 bits per heavy atom. The van der Waals surface area contributed by atoms with Crippen molar-refractivity contribution < 1.29 is 9.47 Å². The minimum absolute atomic E-state index is 0. The number of hydrogen-bond donors (Lipinski definition) is 1. The Morgan fingerprint density at radius 1 is 1.19 bits per heavy atom. The molecule has 2 saturated heterocycles. The second-order valence-electron chi connectivity index (χ2n) is 7.14. The van der Waals surface area contributed by atoms with Gasteiger partial charge in [-0.15, -0.1) is 24.8 Å². The first-order chi connectivity index (χ1) is 11.7. The van der Waals surface area contributed by atoms with Crippen molar-refractivity contribution in [1.29, 1.82) is 0 Å². The van der Waals surface area contributed by atoms with Crippen LogP contribution in [-0.4, -0.2) is 73.5 Å². The minimum atomic E-state index is 0. The van der Waals surface area contributed by atoms with Crippen molar-refractivity contribution >= 4 is 30.6 Å². The molecule has 3 heterocycles. The Kier molecular flexibility index (Phi) is 7.88. The molecule has 2 aliphatic heterocycles. The van der Waals surface area contributed by atoms with E-state index in [9.17, 15) is 0 Å². The van der Waals surface area contributed by atoms with Crippen molar-refractivity contribution in [2.45, 2.75) is 37.5 Å². The first-order valence-corrected chi connectivity index (χ1v) is 8.92. The summed E-state index contributed by atoms with van der Waals surface area (Å²) in [7, 11) is 1.69. The maximum absolute atomic E-state index is 5.94. The highest BCUT2D eigenvalue weighted by molar-refractivity contribution is 5.85. The maximum Gasteiger partial charge on any atom is 0.156 e. The minimum Gasteiger partial charge on any atom is -0.379 e. The summed E-state index contributed by atoms with van der Waals surface area (Å²) in [5.74, 6) is 2.30. The highest BCUT2D eigenvalue weighted by atomic mass is 35.5. The molecular weight excluding hydrogens is 377 g/mol. The van der Waals surface area contributed by atoms with Gasteiger partial charge in [0.2, 0.25) is 0 Å². The lowest BCUT2D eigenvalue weighted by Crippen LogP contribution is -2.61. The number of methoxy groups -OCH3 is 1. The van der Waals surface area contributed by atoms with Gasteiger partial charge in [-0.2, -0.15) is 0 Å². The van der Waals surface area contributed by atoms with Crippen molar-refractivity contribution in [2.75, 3.05) is 51.4 Å². The Morgan fingerprint density at radius 2 is 1.88 bits per heavy atom. The number of nitrogens with zero attached hydrogens (tertiary/aromatic N) is 4. The zero-order chi connectivity index (χ0) is 16.5. The van der Waals surface area contributed by atoms with E-state index in [4.69, 9.17) is 20.2 Å². The Hall–Kier alpha value is -0.700. The van der Waals surface area contributed by atoms with Gasteiger partial charge in [-0.25, -0.2) is 9.97 Å². The van der Waals surface area contributed by atoms with Gasteiger partial charge in [0.15, 0.2) is 5.82 Å². The lowest BCUT2D eigenvalue weighted by atomic mass is 9.78. The fourth-order valence-corrected chi connectivity index (χ4v) is 3.79. The summed E-state index contributed by atoms with van der Waals surface area (Å²) in [5, 5.41) is 0. The van der Waals surface area contributed by atoms with E-state index >= 15 is 0 Å². The number of rotatable bonds is 5. The van der Waals surface area contributed by atoms with Crippen molar-refractivity contribution in [3.8, 4) is 0 Å². The molecule has 1 aliphatic carbocycles. The lowest BCUT2D eigenvalue weighted by Gasteiger charge is -2.47. The molecule has 0 aromatic carbocycles. The predicted octanol–water partition coefficient (Wildman–Crippen LogP) is 1.19. The third-order valence-electron chi connectivity index (χ3n) is 5.39. The highest BCUT2D eigenvalue weighted by Gasteiger charge is 2.35. The number of aromatic nitrogens is 2. The van der Waals surface area contributed by atoms with Gasteiger partial charge in [0, 0.05) is 63.1 Å². The van der Waals surface area contributed by atoms with Crippen molar-refractivity contribution in [2.24, 2.45) is 5.73 Å². The molecule has 148 valence electrons. The number of nitrogens with two attached hydrogens (primary N) is 1. The van der Waals surface area contributed by atoms with Crippen LogP contribution in [0.2, 0.25) is 0 Å². The van der Waals surface area contributed by atoms with E-state index in [-0.39, 0.29) is 24.8 Å². The van der Waals surface area contributed by atoms with Crippen LogP contribution < -0.4 is 10.6 Å². The second-order valence-corrected chi connectivity index (χ2v) is 7.14.